The summed E-state index contributed by atoms with van der Waals surface area (Å²) in [7, 11) is 5.16. The second kappa shape index (κ2) is 13.6. The first kappa shape index (κ1) is 31.8. The molecule has 5 rings (SSSR count). The lowest BCUT2D eigenvalue weighted by atomic mass is 10.1. The number of nitrogens with one attached hydrogen (secondary N) is 2. The molecule has 3 aromatic rings. The average molecular weight is 619 g/mol. The maximum atomic E-state index is 13.7. The number of aromatic nitrogens is 3. The zero-order chi connectivity index (χ0) is 32.1. The van der Waals surface area contributed by atoms with Gasteiger partial charge in [0, 0.05) is 61.8 Å². The number of aryl methyl sites for hydroxylation is 2. The molecule has 1 aliphatic heterocycles. The minimum Gasteiger partial charge on any atom is -0.496 e. The lowest BCUT2D eigenvalue weighted by molar-refractivity contribution is -0.149. The Morgan fingerprint density at radius 2 is 2.00 bits per heavy atom. The summed E-state index contributed by atoms with van der Waals surface area (Å²) < 4.78 is 18.9. The van der Waals surface area contributed by atoms with E-state index in [4.69, 9.17) is 19.2 Å². The molecule has 0 radical (unpaired) electrons. The number of methoxy groups -OCH3 is 1. The highest BCUT2D eigenvalue weighted by Gasteiger charge is 2.61. The Balaban J connectivity index is 1.41. The SMILES string of the molecule is CCOC(=O)[C@@]12C[C@H]1/C=C\CCCCN(C)C(=O)N[C@@H](CCOc1cc(-c3cnn(C)c3)nc3c(C)c(OC)ccc13)C(=O)N2. The van der Waals surface area contributed by atoms with E-state index < -0.39 is 23.5 Å². The van der Waals surface area contributed by atoms with E-state index in [0.717, 1.165) is 41.3 Å². The highest BCUT2D eigenvalue weighted by Crippen LogP contribution is 2.46. The average Bonchev–Trinajstić information content (AvgIpc) is 3.54. The van der Waals surface area contributed by atoms with Crippen molar-refractivity contribution in [1.29, 1.82) is 0 Å². The quantitative estimate of drug-likeness (QED) is 0.287. The van der Waals surface area contributed by atoms with E-state index in [1.165, 1.54) is 0 Å². The van der Waals surface area contributed by atoms with Crippen molar-refractivity contribution in [2.24, 2.45) is 13.0 Å². The van der Waals surface area contributed by atoms with Crippen molar-refractivity contribution in [2.45, 2.75) is 57.5 Å². The fourth-order valence-electron chi connectivity index (χ4n) is 5.73. The molecule has 2 aromatic heterocycles. The highest BCUT2D eigenvalue weighted by atomic mass is 16.5. The van der Waals surface area contributed by atoms with Crippen molar-refractivity contribution in [3.05, 3.63) is 48.3 Å². The van der Waals surface area contributed by atoms with Gasteiger partial charge in [-0.25, -0.2) is 14.6 Å². The van der Waals surface area contributed by atoms with Gasteiger partial charge in [-0.05, 0) is 51.7 Å². The molecular weight excluding hydrogens is 576 g/mol. The van der Waals surface area contributed by atoms with E-state index in [9.17, 15) is 14.4 Å². The number of carbonyl (C=O) groups excluding carboxylic acids is 3. The van der Waals surface area contributed by atoms with Gasteiger partial charge in [-0.2, -0.15) is 5.10 Å². The molecule has 12 heteroatoms. The number of benzene rings is 1. The molecule has 3 heterocycles. The Bertz CT molecular complexity index is 1600. The summed E-state index contributed by atoms with van der Waals surface area (Å²) >= 11 is 0. The molecule has 0 spiro atoms. The molecular formula is C33H42N6O6. The first-order valence-corrected chi connectivity index (χ1v) is 15.4. The third-order valence-electron chi connectivity index (χ3n) is 8.48. The monoisotopic (exact) mass is 618 g/mol. The molecule has 45 heavy (non-hydrogen) atoms. The second-order valence-electron chi connectivity index (χ2n) is 11.7. The van der Waals surface area contributed by atoms with Gasteiger partial charge in [-0.3, -0.25) is 9.48 Å². The van der Waals surface area contributed by atoms with E-state index in [2.05, 4.69) is 15.7 Å². The number of amides is 3. The van der Waals surface area contributed by atoms with Crippen LogP contribution in [0.2, 0.25) is 0 Å². The van der Waals surface area contributed by atoms with Gasteiger partial charge in [0.05, 0.1) is 37.7 Å². The molecule has 12 nitrogen and oxygen atoms in total. The third kappa shape index (κ3) is 6.89. The molecule has 0 unspecified atom stereocenters. The molecule has 2 aliphatic rings. The molecule has 3 amide bonds. The molecule has 240 valence electrons. The van der Waals surface area contributed by atoms with Crippen LogP contribution < -0.4 is 20.1 Å². The van der Waals surface area contributed by atoms with Gasteiger partial charge in [-0.15, -0.1) is 0 Å². The topological polar surface area (TPSA) is 137 Å². The van der Waals surface area contributed by atoms with Crippen molar-refractivity contribution in [3.63, 3.8) is 0 Å². The summed E-state index contributed by atoms with van der Waals surface area (Å²) in [6.07, 6.45) is 10.8. The van der Waals surface area contributed by atoms with Crippen molar-refractivity contribution >= 4 is 28.8 Å². The van der Waals surface area contributed by atoms with Crippen LogP contribution >= 0.6 is 0 Å². The summed E-state index contributed by atoms with van der Waals surface area (Å²) in [6, 6.07) is 4.29. The van der Waals surface area contributed by atoms with Crippen LogP contribution in [0.1, 0.15) is 44.6 Å². The number of carbonyl (C=O) groups is 3. The number of ether oxygens (including phenoxy) is 3. The smallest absolute Gasteiger partial charge is 0.332 e. The van der Waals surface area contributed by atoms with Crippen LogP contribution in [0.5, 0.6) is 11.5 Å². The molecule has 0 bridgehead atoms. The van der Waals surface area contributed by atoms with Crippen LogP contribution in [0.25, 0.3) is 22.2 Å². The fraction of sp³-hybridized carbons (Fsp3) is 0.485. The van der Waals surface area contributed by atoms with E-state index >= 15 is 0 Å². The molecule has 2 N–H and O–H groups in total. The standard InChI is InChI=1S/C33H42N6O6/c1-6-44-31(41)33-18-23(33)11-9-7-8-10-15-38(3)32(42)36-25(30(40)37-33)14-16-45-28-17-26(22-19-34-39(4)20-22)35-29-21(2)27(43-5)13-12-24(28)29/h9,11-13,17,19-20,23,25H,6-8,10,14-16,18H2,1-5H3,(H,36,42)(H,37,40)/b11-9-/t23-,25+,33-/m1/s1. The van der Waals surface area contributed by atoms with Gasteiger partial charge in [0.15, 0.2) is 0 Å². The first-order chi connectivity index (χ1) is 21.7. The zero-order valence-corrected chi connectivity index (χ0v) is 26.6. The number of fused-ring (bicyclic) bond motifs is 2. The molecule has 0 saturated heterocycles. The Labute approximate surface area is 263 Å². The number of allylic oxidation sites excluding steroid dienone is 1. The zero-order valence-electron chi connectivity index (χ0n) is 26.6. The summed E-state index contributed by atoms with van der Waals surface area (Å²) in [5.74, 6) is 0.196. The summed E-state index contributed by atoms with van der Waals surface area (Å²) in [5, 5.41) is 10.9. The lowest BCUT2D eigenvalue weighted by Gasteiger charge is -2.26. The van der Waals surface area contributed by atoms with Gasteiger partial charge in [-0.1, -0.05) is 12.2 Å². The minimum atomic E-state index is -1.14. The van der Waals surface area contributed by atoms with Crippen LogP contribution in [0.3, 0.4) is 0 Å². The molecule has 1 aromatic carbocycles. The van der Waals surface area contributed by atoms with Crippen molar-refractivity contribution in [2.75, 3.05) is 33.9 Å². The number of rotatable bonds is 8. The fourth-order valence-corrected chi connectivity index (χ4v) is 5.73. The number of nitrogens with zero attached hydrogens (tertiary/aromatic N) is 4. The minimum absolute atomic E-state index is 0.106. The van der Waals surface area contributed by atoms with Gasteiger partial charge in [0.2, 0.25) is 5.91 Å². The number of pyridine rings is 1. The summed E-state index contributed by atoms with van der Waals surface area (Å²) in [4.78, 5) is 46.3. The molecule has 1 aliphatic carbocycles. The Kier molecular flexibility index (Phi) is 9.60. The molecule has 1 fully saturated rings. The maximum absolute atomic E-state index is 13.7. The Hall–Kier alpha value is -4.61. The van der Waals surface area contributed by atoms with Gasteiger partial charge < -0.3 is 29.7 Å². The van der Waals surface area contributed by atoms with E-state index in [-0.39, 0.29) is 31.6 Å². The van der Waals surface area contributed by atoms with Gasteiger partial charge in [0.25, 0.3) is 0 Å². The normalized spacial score (nSPS) is 22.9. The molecule has 1 saturated carbocycles. The van der Waals surface area contributed by atoms with Gasteiger partial charge >= 0.3 is 12.0 Å². The summed E-state index contributed by atoms with van der Waals surface area (Å²) in [5.41, 5.74) is 1.95. The first-order valence-electron chi connectivity index (χ1n) is 15.4. The number of hydrogen-bond acceptors (Lipinski definition) is 8. The van der Waals surface area contributed by atoms with Crippen LogP contribution in [0, 0.1) is 12.8 Å². The van der Waals surface area contributed by atoms with Crippen LogP contribution in [0.4, 0.5) is 4.79 Å². The van der Waals surface area contributed by atoms with Crippen LogP contribution in [0.15, 0.2) is 42.7 Å². The largest absolute Gasteiger partial charge is 0.496 e. The highest BCUT2D eigenvalue weighted by molar-refractivity contribution is 5.95. The van der Waals surface area contributed by atoms with Gasteiger partial charge in [0.1, 0.15) is 23.1 Å². The van der Waals surface area contributed by atoms with E-state index in [1.54, 1.807) is 36.9 Å². The van der Waals surface area contributed by atoms with Crippen LogP contribution in [-0.4, -0.2) is 83.1 Å². The Morgan fingerprint density at radius 3 is 2.73 bits per heavy atom. The van der Waals surface area contributed by atoms with Crippen molar-refractivity contribution in [3.8, 4) is 22.8 Å². The second-order valence-corrected chi connectivity index (χ2v) is 11.7. The number of esters is 1. The predicted molar refractivity (Wildman–Crippen MR) is 169 cm³/mol. The van der Waals surface area contributed by atoms with E-state index in [0.29, 0.717) is 30.2 Å². The Morgan fingerprint density at radius 1 is 1.18 bits per heavy atom. The number of urea groups is 1. The number of hydrogen-bond donors (Lipinski definition) is 2. The predicted octanol–water partition coefficient (Wildman–Crippen LogP) is 3.91. The maximum Gasteiger partial charge on any atom is 0.332 e. The van der Waals surface area contributed by atoms with Crippen molar-refractivity contribution < 1.29 is 28.6 Å². The third-order valence-corrected chi connectivity index (χ3v) is 8.48. The lowest BCUT2D eigenvalue weighted by Crippen LogP contribution is -2.56. The summed E-state index contributed by atoms with van der Waals surface area (Å²) in [6.45, 7) is 4.55. The van der Waals surface area contributed by atoms with Crippen LogP contribution in [-0.2, 0) is 21.4 Å². The molecule has 3 atom stereocenters. The van der Waals surface area contributed by atoms with E-state index in [1.807, 2.05) is 50.5 Å². The van der Waals surface area contributed by atoms with Crippen molar-refractivity contribution in [1.82, 2.24) is 30.3 Å².